The molecule has 2 nitrogen and oxygen atoms in total. The first-order valence-corrected chi connectivity index (χ1v) is 10.1. The van der Waals surface area contributed by atoms with Crippen LogP contribution in [0.5, 0.6) is 0 Å². The van der Waals surface area contributed by atoms with Crippen molar-refractivity contribution < 1.29 is 9.13 Å². The largest absolute Gasteiger partial charge is 0.200 e. The van der Waals surface area contributed by atoms with Crippen LogP contribution in [-0.2, 0) is 0 Å². The third-order valence-corrected chi connectivity index (χ3v) is 7.01. The Kier molecular flexibility index (Phi) is 2.72. The maximum atomic E-state index is 2.55. The van der Waals surface area contributed by atoms with Gasteiger partial charge >= 0.3 is 0 Å². The molecule has 0 amide bonds. The monoisotopic (exact) mass is 360 g/mol. The highest BCUT2D eigenvalue weighted by Crippen LogP contribution is 2.53. The normalized spacial score (nSPS) is 25.1. The average molecular weight is 360 g/mol. The summed E-state index contributed by atoms with van der Waals surface area (Å²) in [5.74, 6) is 0.615. The molecule has 0 saturated carbocycles. The van der Waals surface area contributed by atoms with E-state index in [1.54, 1.807) is 0 Å². The van der Waals surface area contributed by atoms with Crippen molar-refractivity contribution in [3.63, 3.8) is 0 Å². The summed E-state index contributed by atoms with van der Waals surface area (Å²) in [7, 11) is 0. The van der Waals surface area contributed by atoms with Gasteiger partial charge in [0.1, 0.15) is 11.8 Å². The molecule has 28 heavy (non-hydrogen) atoms. The molecule has 4 bridgehead atoms. The highest BCUT2D eigenvalue weighted by atomic mass is 15.1. The van der Waals surface area contributed by atoms with Crippen molar-refractivity contribution in [2.45, 2.75) is 23.9 Å². The van der Waals surface area contributed by atoms with Gasteiger partial charge in [-0.15, -0.1) is 0 Å². The second-order valence-electron chi connectivity index (χ2n) is 8.17. The third-order valence-electron chi connectivity index (χ3n) is 7.01. The lowest BCUT2D eigenvalue weighted by Gasteiger charge is -2.41. The quantitative estimate of drug-likeness (QED) is 0.418. The van der Waals surface area contributed by atoms with E-state index < -0.39 is 0 Å². The maximum absolute atomic E-state index is 2.55. The molecule has 7 heterocycles. The molecule has 4 aromatic rings. The summed E-state index contributed by atoms with van der Waals surface area (Å²) in [6.45, 7) is 0. The molecular weight excluding hydrogens is 340 g/mol. The molecule has 5 aliphatic heterocycles. The molecule has 2 heteroatoms. The van der Waals surface area contributed by atoms with E-state index in [1.165, 1.54) is 33.6 Å². The lowest BCUT2D eigenvalue weighted by atomic mass is 9.65. The van der Waals surface area contributed by atoms with Gasteiger partial charge in [0, 0.05) is 35.4 Å². The zero-order chi connectivity index (χ0) is 18.2. The minimum Gasteiger partial charge on any atom is -0.193 e. The van der Waals surface area contributed by atoms with Crippen LogP contribution in [0.1, 0.15) is 57.6 Å². The Balaban J connectivity index is 1.69. The summed E-state index contributed by atoms with van der Waals surface area (Å²) in [5.41, 5.74) is 8.80. The molecule has 2 aromatic carbocycles. The van der Waals surface area contributed by atoms with Gasteiger partial charge in [-0.1, -0.05) is 60.7 Å². The Labute approximate surface area is 164 Å². The van der Waals surface area contributed by atoms with Crippen LogP contribution in [0.15, 0.2) is 97.3 Å². The molecule has 1 aliphatic carbocycles. The van der Waals surface area contributed by atoms with Crippen LogP contribution < -0.4 is 9.13 Å². The van der Waals surface area contributed by atoms with Crippen molar-refractivity contribution in [2.75, 3.05) is 0 Å². The van der Waals surface area contributed by atoms with E-state index in [4.69, 9.17) is 0 Å². The first kappa shape index (κ1) is 14.8. The highest BCUT2D eigenvalue weighted by Gasteiger charge is 2.58. The van der Waals surface area contributed by atoms with Crippen molar-refractivity contribution in [3.05, 3.63) is 131 Å². The van der Waals surface area contributed by atoms with Crippen molar-refractivity contribution in [1.82, 2.24) is 0 Å². The van der Waals surface area contributed by atoms with Crippen molar-refractivity contribution in [1.29, 1.82) is 0 Å². The smallest absolute Gasteiger partial charge is 0.193 e. The van der Waals surface area contributed by atoms with Gasteiger partial charge in [0.2, 0.25) is 12.1 Å². The fourth-order valence-electron chi connectivity index (χ4n) is 6.06. The minimum atomic E-state index is 0.277. The highest BCUT2D eigenvalue weighted by molar-refractivity contribution is 5.50. The Morgan fingerprint density at radius 1 is 0.429 bits per heavy atom. The lowest BCUT2D eigenvalue weighted by molar-refractivity contribution is -0.769. The number of aromatic nitrogens is 2. The molecule has 132 valence electrons. The van der Waals surface area contributed by atoms with Gasteiger partial charge in [-0.25, -0.2) is 0 Å². The van der Waals surface area contributed by atoms with Gasteiger partial charge in [-0.3, -0.25) is 0 Å². The molecule has 2 aromatic heterocycles. The van der Waals surface area contributed by atoms with Crippen LogP contribution in [0.25, 0.3) is 0 Å². The number of pyridine rings is 2. The fraction of sp³-hybridized carbons (Fsp3) is 0.154. The van der Waals surface area contributed by atoms with Crippen LogP contribution in [0.4, 0.5) is 0 Å². The summed E-state index contributed by atoms with van der Waals surface area (Å²) < 4.78 is 5.11. The second kappa shape index (κ2) is 5.17. The van der Waals surface area contributed by atoms with E-state index in [1.807, 2.05) is 0 Å². The van der Waals surface area contributed by atoms with E-state index in [2.05, 4.69) is 106 Å². The van der Waals surface area contributed by atoms with Crippen LogP contribution in [0.2, 0.25) is 0 Å². The predicted octanol–water partition coefficient (Wildman–Crippen LogP) is 4.04. The molecule has 0 spiro atoms. The molecule has 4 atom stereocenters. The average Bonchev–Trinajstić information content (AvgIpc) is 2.74. The number of nitrogens with zero attached hydrogens (tertiary/aromatic N) is 2. The van der Waals surface area contributed by atoms with Crippen LogP contribution >= 0.6 is 0 Å². The van der Waals surface area contributed by atoms with Crippen molar-refractivity contribution in [2.24, 2.45) is 0 Å². The molecular formula is C26H20N2+2. The zero-order valence-corrected chi connectivity index (χ0v) is 15.4. The van der Waals surface area contributed by atoms with Crippen molar-refractivity contribution in [3.8, 4) is 0 Å². The van der Waals surface area contributed by atoms with Gasteiger partial charge < -0.3 is 0 Å². The number of hydrogen-bond donors (Lipinski definition) is 0. The standard InChI is InChI=1S/C26H20N2/c1-3-11-19-17(9-1)23-21-13-5-7-15-27(21)25(19)24-18-10-2-4-12-20(18)26(23)28-16-8-6-14-22(24)28/h1-16,23-26H/q+2/t23-,24-,25-,26-/m1/s1. The van der Waals surface area contributed by atoms with E-state index >= 15 is 0 Å². The number of rotatable bonds is 0. The maximum Gasteiger partial charge on any atom is 0.200 e. The molecule has 0 radical (unpaired) electrons. The van der Waals surface area contributed by atoms with Gasteiger partial charge in [0.05, 0.1) is 0 Å². The van der Waals surface area contributed by atoms with Crippen LogP contribution in [-0.4, -0.2) is 0 Å². The molecule has 0 saturated heterocycles. The summed E-state index contributed by atoms with van der Waals surface area (Å²) >= 11 is 0. The zero-order valence-electron chi connectivity index (χ0n) is 15.4. The molecule has 0 N–H and O–H groups in total. The molecule has 0 unspecified atom stereocenters. The van der Waals surface area contributed by atoms with Crippen LogP contribution in [0, 0.1) is 0 Å². The Morgan fingerprint density at radius 3 is 1.29 bits per heavy atom. The third kappa shape index (κ3) is 1.65. The minimum absolute atomic E-state index is 0.277. The van der Waals surface area contributed by atoms with E-state index in [0.29, 0.717) is 11.8 Å². The Morgan fingerprint density at radius 2 is 0.821 bits per heavy atom. The van der Waals surface area contributed by atoms with Crippen molar-refractivity contribution >= 4 is 0 Å². The van der Waals surface area contributed by atoms with E-state index in [-0.39, 0.29) is 12.1 Å². The molecule has 0 fully saturated rings. The van der Waals surface area contributed by atoms with Gasteiger partial charge in [0.15, 0.2) is 23.8 Å². The van der Waals surface area contributed by atoms with E-state index in [9.17, 15) is 0 Å². The first-order chi connectivity index (χ1) is 13.9. The summed E-state index contributed by atoms with van der Waals surface area (Å²) in [4.78, 5) is 0. The molecule has 10 rings (SSSR count). The Bertz CT molecular complexity index is 969. The van der Waals surface area contributed by atoms with Crippen LogP contribution in [0.3, 0.4) is 0 Å². The van der Waals surface area contributed by atoms with Gasteiger partial charge in [-0.2, -0.15) is 9.13 Å². The summed E-state index contributed by atoms with van der Waals surface area (Å²) in [6.07, 6.45) is 4.58. The topological polar surface area (TPSA) is 7.76 Å². The Hall–Kier alpha value is -3.26. The van der Waals surface area contributed by atoms with Gasteiger partial charge in [-0.05, 0) is 11.1 Å². The fourth-order valence-corrected chi connectivity index (χ4v) is 6.06. The van der Waals surface area contributed by atoms with Gasteiger partial charge in [0.25, 0.3) is 0 Å². The van der Waals surface area contributed by atoms with E-state index in [0.717, 1.165) is 0 Å². The predicted molar refractivity (Wildman–Crippen MR) is 106 cm³/mol. The number of hydrogen-bond acceptors (Lipinski definition) is 0. The first-order valence-electron chi connectivity index (χ1n) is 10.1. The molecule has 6 aliphatic rings. The summed E-state index contributed by atoms with van der Waals surface area (Å²) in [5, 5.41) is 0. The number of benzene rings is 2. The summed E-state index contributed by atoms with van der Waals surface area (Å²) in [6, 6.07) is 32.2. The SMILES string of the molecule is c1ccc2c(c1)[C@@H]1c3cccc[n+]3[C@H]2[C@@H]2c3ccccc3[C@H]1[n+]1ccccc12. The second-order valence-corrected chi connectivity index (χ2v) is 8.17. The lowest BCUT2D eigenvalue weighted by Crippen LogP contribution is -2.62.